The van der Waals surface area contributed by atoms with Gasteiger partial charge >= 0.3 is 21.6 Å². The summed E-state index contributed by atoms with van der Waals surface area (Å²) in [7, 11) is -5.67. The van der Waals surface area contributed by atoms with Gasteiger partial charge in [0.1, 0.15) is 12.7 Å². The van der Waals surface area contributed by atoms with Gasteiger partial charge < -0.3 is 4.74 Å². The first kappa shape index (κ1) is 17.0. The number of cyclic esters (lactones) is 1. The molecule has 1 heterocycles. The Labute approximate surface area is 114 Å². The van der Waals surface area contributed by atoms with E-state index in [1.807, 2.05) is 0 Å². The molecule has 0 spiro atoms. The highest BCUT2D eigenvalue weighted by Crippen LogP contribution is 2.41. The lowest BCUT2D eigenvalue weighted by Crippen LogP contribution is -2.29. The summed E-state index contributed by atoms with van der Waals surface area (Å²) in [5.74, 6) is -0.571. The number of hydrogen-bond donors (Lipinski definition) is 0. The van der Waals surface area contributed by atoms with Crippen molar-refractivity contribution in [1.29, 1.82) is 0 Å². The number of hydrogen-bond acceptors (Lipinski definition) is 5. The molecule has 0 saturated carbocycles. The van der Waals surface area contributed by atoms with Gasteiger partial charge in [-0.1, -0.05) is 13.0 Å². The van der Waals surface area contributed by atoms with Crippen LogP contribution in [0.25, 0.3) is 0 Å². The van der Waals surface area contributed by atoms with Gasteiger partial charge in [-0.25, -0.2) is 0 Å². The summed E-state index contributed by atoms with van der Waals surface area (Å²) >= 11 is 0. The van der Waals surface area contributed by atoms with Gasteiger partial charge in [-0.3, -0.25) is 8.98 Å². The summed E-state index contributed by atoms with van der Waals surface area (Å²) < 4.78 is 66.5. The number of ether oxygens (including phenoxy) is 1. The Kier molecular flexibility index (Phi) is 4.86. The Hall–Kier alpha value is -1.09. The zero-order valence-electron chi connectivity index (χ0n) is 10.8. The molecule has 0 aliphatic carbocycles. The minimum Gasteiger partial charge on any atom is -0.459 e. The van der Waals surface area contributed by atoms with Crippen LogP contribution in [0.4, 0.5) is 13.2 Å². The molecule has 5 nitrogen and oxygen atoms in total. The van der Waals surface area contributed by atoms with Crippen LogP contribution >= 0.6 is 0 Å². The van der Waals surface area contributed by atoms with E-state index in [0.717, 1.165) is 0 Å². The van der Waals surface area contributed by atoms with E-state index in [4.69, 9.17) is 4.74 Å². The van der Waals surface area contributed by atoms with Crippen molar-refractivity contribution in [3.05, 3.63) is 12.7 Å². The van der Waals surface area contributed by atoms with Gasteiger partial charge in [0.05, 0.1) is 5.41 Å². The zero-order valence-corrected chi connectivity index (χ0v) is 11.6. The van der Waals surface area contributed by atoms with Crippen molar-refractivity contribution in [1.82, 2.24) is 0 Å². The van der Waals surface area contributed by atoms with Crippen molar-refractivity contribution < 1.29 is 35.3 Å². The second-order valence-electron chi connectivity index (χ2n) is 4.54. The molecule has 0 bridgehead atoms. The number of carbonyl (C=O) groups is 1. The van der Waals surface area contributed by atoms with Crippen molar-refractivity contribution in [3.8, 4) is 0 Å². The van der Waals surface area contributed by atoms with Crippen molar-refractivity contribution in [2.75, 3.05) is 6.61 Å². The summed E-state index contributed by atoms with van der Waals surface area (Å²) in [6.45, 7) is 4.41. The molecule has 0 aromatic carbocycles. The van der Waals surface area contributed by atoms with Crippen LogP contribution in [0.15, 0.2) is 12.7 Å². The summed E-state index contributed by atoms with van der Waals surface area (Å²) in [4.78, 5) is 11.8. The molecular formula is C11H15F3O5S. The highest BCUT2D eigenvalue weighted by atomic mass is 32.2. The van der Waals surface area contributed by atoms with Crippen LogP contribution in [-0.4, -0.2) is 32.6 Å². The third-order valence-electron chi connectivity index (χ3n) is 3.23. The fraction of sp³-hybridized carbons (Fsp3) is 0.727. The first-order chi connectivity index (χ1) is 9.08. The lowest BCUT2D eigenvalue weighted by atomic mass is 9.79. The highest BCUT2D eigenvalue weighted by Gasteiger charge is 2.50. The summed E-state index contributed by atoms with van der Waals surface area (Å²) in [6, 6.07) is 0. The van der Waals surface area contributed by atoms with E-state index in [0.29, 0.717) is 12.8 Å². The Morgan fingerprint density at radius 1 is 1.55 bits per heavy atom. The molecule has 0 aromatic rings. The SMILES string of the molecule is C=CC[C@]1(CC)C[C@@H](COS(=O)(=O)C(F)(F)F)OC1=O. The molecule has 2 atom stereocenters. The van der Waals surface area contributed by atoms with E-state index in [9.17, 15) is 26.4 Å². The maximum Gasteiger partial charge on any atom is 0.523 e. The number of rotatable bonds is 6. The van der Waals surface area contributed by atoms with Crippen LogP contribution in [0.1, 0.15) is 26.2 Å². The molecule has 0 N–H and O–H groups in total. The van der Waals surface area contributed by atoms with Crippen LogP contribution in [0.2, 0.25) is 0 Å². The van der Waals surface area contributed by atoms with Gasteiger partial charge in [-0.2, -0.15) is 21.6 Å². The first-order valence-corrected chi connectivity index (χ1v) is 7.26. The number of halogens is 3. The maximum atomic E-state index is 12.1. The molecule has 1 aliphatic heterocycles. The number of esters is 1. The number of allylic oxidation sites excluding steroid dienone is 1. The second-order valence-corrected chi connectivity index (χ2v) is 6.15. The normalized spacial score (nSPS) is 27.4. The third kappa shape index (κ3) is 3.32. The molecule has 1 fully saturated rings. The maximum absolute atomic E-state index is 12.1. The van der Waals surface area contributed by atoms with Gasteiger partial charge in [0.2, 0.25) is 0 Å². The molecular weight excluding hydrogens is 301 g/mol. The summed E-state index contributed by atoms with van der Waals surface area (Å²) in [5.41, 5.74) is -6.35. The first-order valence-electron chi connectivity index (χ1n) is 5.85. The van der Waals surface area contributed by atoms with E-state index in [-0.39, 0.29) is 6.42 Å². The Bertz CT molecular complexity index is 485. The smallest absolute Gasteiger partial charge is 0.459 e. The van der Waals surface area contributed by atoms with Crippen LogP contribution in [0.5, 0.6) is 0 Å². The minimum atomic E-state index is -5.67. The monoisotopic (exact) mass is 316 g/mol. The molecule has 9 heteroatoms. The van der Waals surface area contributed by atoms with Crippen molar-refractivity contribution in [2.24, 2.45) is 5.41 Å². The summed E-state index contributed by atoms with van der Waals surface area (Å²) in [5, 5.41) is 0. The zero-order chi connectivity index (χ0) is 15.6. The number of carbonyl (C=O) groups excluding carboxylic acids is 1. The molecule has 0 aromatic heterocycles. The topological polar surface area (TPSA) is 69.7 Å². The van der Waals surface area contributed by atoms with E-state index in [1.165, 1.54) is 6.08 Å². The Morgan fingerprint density at radius 3 is 2.60 bits per heavy atom. The van der Waals surface area contributed by atoms with Crippen LogP contribution in [-0.2, 0) is 23.8 Å². The summed E-state index contributed by atoms with van der Waals surface area (Å²) in [6.07, 6.45) is 1.33. The third-order valence-corrected chi connectivity index (χ3v) is 4.24. The van der Waals surface area contributed by atoms with Crippen molar-refractivity contribution in [2.45, 2.75) is 37.8 Å². The van der Waals surface area contributed by atoms with E-state index >= 15 is 0 Å². The van der Waals surface area contributed by atoms with Crippen LogP contribution in [0, 0.1) is 5.41 Å². The average Bonchev–Trinajstić information content (AvgIpc) is 2.63. The van der Waals surface area contributed by atoms with Gasteiger partial charge in [0.25, 0.3) is 0 Å². The Morgan fingerprint density at radius 2 is 2.15 bits per heavy atom. The molecule has 0 unspecified atom stereocenters. The lowest BCUT2D eigenvalue weighted by molar-refractivity contribution is -0.149. The van der Waals surface area contributed by atoms with E-state index < -0.39 is 39.7 Å². The van der Waals surface area contributed by atoms with E-state index in [1.54, 1.807) is 6.92 Å². The van der Waals surface area contributed by atoms with Gasteiger partial charge in [-0.05, 0) is 12.8 Å². The molecule has 0 radical (unpaired) electrons. The molecule has 0 amide bonds. The number of alkyl halides is 3. The predicted octanol–water partition coefficient (Wildman–Crippen LogP) is 2.14. The molecule has 20 heavy (non-hydrogen) atoms. The molecule has 1 aliphatic rings. The molecule has 116 valence electrons. The quantitative estimate of drug-likeness (QED) is 0.325. The van der Waals surface area contributed by atoms with E-state index in [2.05, 4.69) is 10.8 Å². The largest absolute Gasteiger partial charge is 0.523 e. The van der Waals surface area contributed by atoms with Gasteiger partial charge in [0, 0.05) is 6.42 Å². The van der Waals surface area contributed by atoms with Gasteiger partial charge in [-0.15, -0.1) is 6.58 Å². The lowest BCUT2D eigenvalue weighted by Gasteiger charge is -2.20. The van der Waals surface area contributed by atoms with Crippen molar-refractivity contribution >= 4 is 16.1 Å². The fourth-order valence-electron chi connectivity index (χ4n) is 2.04. The highest BCUT2D eigenvalue weighted by molar-refractivity contribution is 7.87. The fourth-order valence-corrected chi connectivity index (χ4v) is 2.50. The molecule has 1 saturated heterocycles. The second kappa shape index (κ2) is 5.72. The molecule has 1 rings (SSSR count). The van der Waals surface area contributed by atoms with Crippen molar-refractivity contribution in [3.63, 3.8) is 0 Å². The standard InChI is InChI=1S/C11H15F3O5S/c1-3-5-10(4-2)6-8(19-9(10)15)7-18-20(16,17)11(12,13)14/h3,8H,1,4-7H2,2H3/t8-,10+/m0/s1. The predicted molar refractivity (Wildman–Crippen MR) is 63.0 cm³/mol. The van der Waals surface area contributed by atoms with Gasteiger partial charge in [0.15, 0.2) is 0 Å². The van der Waals surface area contributed by atoms with Crippen LogP contribution < -0.4 is 0 Å². The van der Waals surface area contributed by atoms with Crippen LogP contribution in [0.3, 0.4) is 0 Å². The minimum absolute atomic E-state index is 0.0989. The average molecular weight is 316 g/mol. The Balaban J connectivity index is 2.70.